The zero-order valence-electron chi connectivity index (χ0n) is 19.0. The number of thioether (sulfide) groups is 1. The lowest BCUT2D eigenvalue weighted by Crippen LogP contribution is -2.40. The number of carbonyl (C=O) groups is 2. The van der Waals surface area contributed by atoms with Gasteiger partial charge in [-0.2, -0.15) is 0 Å². The maximum Gasteiger partial charge on any atom is 0.256 e. The molecule has 2 saturated carbocycles. The SMILES string of the molecule is Cc1nc2ccc(NC(=O)c3ccccc3SCC(=O)N[C@H](C)[C@@H]3C[C@H]4CC[C@H]3C4)cc2s1. The predicted octanol–water partition coefficient (Wildman–Crippen LogP) is 5.89. The van der Waals surface area contributed by atoms with E-state index in [0.29, 0.717) is 17.2 Å². The number of fused-ring (bicyclic) bond motifs is 3. The Morgan fingerprint density at radius 3 is 2.82 bits per heavy atom. The summed E-state index contributed by atoms with van der Waals surface area (Å²) < 4.78 is 1.05. The molecule has 5 nitrogen and oxygen atoms in total. The van der Waals surface area contributed by atoms with Gasteiger partial charge in [-0.25, -0.2) is 4.98 Å². The number of amides is 2. The summed E-state index contributed by atoms with van der Waals surface area (Å²) in [4.78, 5) is 30.9. The minimum absolute atomic E-state index is 0.0384. The molecule has 7 heteroatoms. The Bertz CT molecular complexity index is 1190. The van der Waals surface area contributed by atoms with Crippen LogP contribution in [0.15, 0.2) is 47.4 Å². The van der Waals surface area contributed by atoms with Gasteiger partial charge < -0.3 is 10.6 Å². The van der Waals surface area contributed by atoms with Crippen molar-refractivity contribution < 1.29 is 9.59 Å². The molecule has 0 spiro atoms. The van der Waals surface area contributed by atoms with E-state index in [1.807, 2.05) is 49.4 Å². The number of carbonyl (C=O) groups excluding carboxylic acids is 2. The van der Waals surface area contributed by atoms with Gasteiger partial charge in [0.25, 0.3) is 5.91 Å². The molecule has 5 rings (SSSR count). The van der Waals surface area contributed by atoms with Crippen LogP contribution in [0.3, 0.4) is 0 Å². The van der Waals surface area contributed by atoms with E-state index in [2.05, 4.69) is 22.5 Å². The Kier molecular flexibility index (Phi) is 6.43. The third kappa shape index (κ3) is 4.94. The van der Waals surface area contributed by atoms with E-state index in [0.717, 1.165) is 37.6 Å². The molecule has 172 valence electrons. The summed E-state index contributed by atoms with van der Waals surface area (Å²) in [6, 6.07) is 13.4. The van der Waals surface area contributed by atoms with E-state index >= 15 is 0 Å². The molecule has 2 amide bonds. The Morgan fingerprint density at radius 1 is 1.18 bits per heavy atom. The minimum Gasteiger partial charge on any atom is -0.353 e. The maximum atomic E-state index is 13.0. The van der Waals surface area contributed by atoms with Gasteiger partial charge in [0.2, 0.25) is 5.91 Å². The summed E-state index contributed by atoms with van der Waals surface area (Å²) in [5.74, 6) is 2.46. The number of nitrogens with zero attached hydrogens (tertiary/aromatic N) is 1. The molecule has 2 aromatic carbocycles. The van der Waals surface area contributed by atoms with Crippen molar-refractivity contribution >= 4 is 50.8 Å². The number of aryl methyl sites for hydroxylation is 1. The molecule has 0 unspecified atom stereocenters. The molecular weight excluding hydrogens is 450 g/mol. The van der Waals surface area contributed by atoms with Gasteiger partial charge in [0.1, 0.15) is 0 Å². The summed E-state index contributed by atoms with van der Waals surface area (Å²) >= 11 is 3.03. The Labute approximate surface area is 202 Å². The molecule has 2 bridgehead atoms. The van der Waals surface area contributed by atoms with Gasteiger partial charge in [0.05, 0.1) is 26.5 Å². The highest BCUT2D eigenvalue weighted by molar-refractivity contribution is 8.00. The minimum atomic E-state index is -0.172. The Morgan fingerprint density at radius 2 is 2.03 bits per heavy atom. The van der Waals surface area contributed by atoms with Crippen LogP contribution in [-0.4, -0.2) is 28.6 Å². The van der Waals surface area contributed by atoms with E-state index in [-0.39, 0.29) is 17.9 Å². The zero-order valence-corrected chi connectivity index (χ0v) is 20.6. The number of rotatable bonds is 7. The molecule has 0 radical (unpaired) electrons. The topological polar surface area (TPSA) is 71.1 Å². The molecule has 4 atom stereocenters. The molecule has 2 N–H and O–H groups in total. The van der Waals surface area contributed by atoms with Crippen LogP contribution in [0.2, 0.25) is 0 Å². The molecule has 0 saturated heterocycles. The third-order valence-electron chi connectivity index (χ3n) is 7.07. The number of thiazole rings is 1. The van der Waals surface area contributed by atoms with Crippen LogP contribution in [0.1, 0.15) is 48.0 Å². The molecule has 0 aliphatic heterocycles. The fraction of sp³-hybridized carbons (Fsp3) is 0.423. The lowest BCUT2D eigenvalue weighted by atomic mass is 9.84. The van der Waals surface area contributed by atoms with Gasteiger partial charge in [-0.05, 0) is 81.2 Å². The highest BCUT2D eigenvalue weighted by Crippen LogP contribution is 2.49. The highest BCUT2D eigenvalue weighted by atomic mass is 32.2. The van der Waals surface area contributed by atoms with Crippen molar-refractivity contribution in [1.82, 2.24) is 10.3 Å². The van der Waals surface area contributed by atoms with Crippen molar-refractivity contribution in [2.75, 3.05) is 11.1 Å². The second-order valence-corrected chi connectivity index (χ2v) is 11.6. The fourth-order valence-electron chi connectivity index (χ4n) is 5.55. The first kappa shape index (κ1) is 22.4. The number of hydrogen-bond acceptors (Lipinski definition) is 5. The van der Waals surface area contributed by atoms with Crippen molar-refractivity contribution in [2.45, 2.75) is 50.5 Å². The first-order chi connectivity index (χ1) is 16.0. The second-order valence-electron chi connectivity index (χ2n) is 9.35. The number of aromatic nitrogens is 1. The van der Waals surface area contributed by atoms with Crippen LogP contribution in [-0.2, 0) is 4.79 Å². The van der Waals surface area contributed by atoms with Crippen molar-refractivity contribution in [3.63, 3.8) is 0 Å². The number of benzene rings is 2. The number of anilines is 1. The van der Waals surface area contributed by atoms with Crippen LogP contribution >= 0.6 is 23.1 Å². The standard InChI is InChI=1S/C26H29N3O2S2/c1-15(21-12-17-7-8-18(21)11-17)27-25(30)14-32-23-6-4-3-5-20(23)26(31)29-19-9-10-22-24(13-19)33-16(2)28-22/h3-6,9-10,13,15,17-18,21H,7-8,11-12,14H2,1-2H3,(H,27,30)(H,29,31)/t15-,17+,18+,21+/m1/s1. The van der Waals surface area contributed by atoms with E-state index < -0.39 is 0 Å². The molecular formula is C26H29N3O2S2. The summed E-state index contributed by atoms with van der Waals surface area (Å²) in [6.07, 6.45) is 5.30. The summed E-state index contributed by atoms with van der Waals surface area (Å²) in [7, 11) is 0. The fourth-order valence-corrected chi connectivity index (χ4v) is 7.28. The van der Waals surface area contributed by atoms with Crippen LogP contribution in [0.5, 0.6) is 0 Å². The van der Waals surface area contributed by atoms with Gasteiger partial charge in [-0.1, -0.05) is 18.6 Å². The molecule has 3 aromatic rings. The Hall–Kier alpha value is -2.38. The van der Waals surface area contributed by atoms with Gasteiger partial charge in [-0.3, -0.25) is 9.59 Å². The number of hydrogen-bond donors (Lipinski definition) is 2. The van der Waals surface area contributed by atoms with Crippen LogP contribution in [0.25, 0.3) is 10.2 Å². The first-order valence-corrected chi connectivity index (χ1v) is 13.5. The normalized spacial score (nSPS) is 22.4. The lowest BCUT2D eigenvalue weighted by molar-refractivity contribution is -0.119. The van der Waals surface area contributed by atoms with Crippen molar-refractivity contribution in [1.29, 1.82) is 0 Å². The Balaban J connectivity index is 1.20. The average molecular weight is 480 g/mol. The second kappa shape index (κ2) is 9.47. The van der Waals surface area contributed by atoms with Crippen LogP contribution in [0.4, 0.5) is 5.69 Å². The predicted molar refractivity (Wildman–Crippen MR) is 136 cm³/mol. The van der Waals surface area contributed by atoms with Gasteiger partial charge in [0.15, 0.2) is 0 Å². The zero-order chi connectivity index (χ0) is 22.9. The van der Waals surface area contributed by atoms with E-state index in [1.54, 1.807) is 11.3 Å². The summed E-state index contributed by atoms with van der Waals surface area (Å²) in [5, 5.41) is 7.22. The average Bonchev–Trinajstić information content (AvgIpc) is 3.52. The largest absolute Gasteiger partial charge is 0.353 e. The molecule has 1 heterocycles. The van der Waals surface area contributed by atoms with Crippen molar-refractivity contribution in [2.24, 2.45) is 17.8 Å². The van der Waals surface area contributed by atoms with Gasteiger partial charge in [-0.15, -0.1) is 23.1 Å². The maximum absolute atomic E-state index is 13.0. The highest BCUT2D eigenvalue weighted by Gasteiger charge is 2.42. The molecule has 2 aliphatic rings. The van der Waals surface area contributed by atoms with Crippen molar-refractivity contribution in [3.05, 3.63) is 53.0 Å². The summed E-state index contributed by atoms with van der Waals surface area (Å²) in [6.45, 7) is 4.13. The first-order valence-electron chi connectivity index (χ1n) is 11.7. The molecule has 2 fully saturated rings. The molecule has 1 aromatic heterocycles. The quantitative estimate of drug-likeness (QED) is 0.415. The molecule has 33 heavy (non-hydrogen) atoms. The van der Waals surface area contributed by atoms with E-state index in [1.165, 1.54) is 37.4 Å². The van der Waals surface area contributed by atoms with Gasteiger partial charge >= 0.3 is 0 Å². The third-order valence-corrected chi connectivity index (χ3v) is 9.07. The van der Waals surface area contributed by atoms with Crippen LogP contribution in [0, 0.1) is 24.7 Å². The van der Waals surface area contributed by atoms with Crippen molar-refractivity contribution in [3.8, 4) is 0 Å². The van der Waals surface area contributed by atoms with Gasteiger partial charge in [0, 0.05) is 16.6 Å². The summed E-state index contributed by atoms with van der Waals surface area (Å²) in [5.41, 5.74) is 2.27. The van der Waals surface area contributed by atoms with E-state index in [4.69, 9.17) is 0 Å². The monoisotopic (exact) mass is 479 g/mol. The lowest BCUT2D eigenvalue weighted by Gasteiger charge is -2.28. The van der Waals surface area contributed by atoms with E-state index in [9.17, 15) is 9.59 Å². The smallest absolute Gasteiger partial charge is 0.256 e. The number of nitrogens with one attached hydrogen (secondary N) is 2. The molecule has 2 aliphatic carbocycles. The van der Waals surface area contributed by atoms with Crippen LogP contribution < -0.4 is 10.6 Å².